The summed E-state index contributed by atoms with van der Waals surface area (Å²) in [6, 6.07) is 5.08. The zero-order chi connectivity index (χ0) is 25.3. The first-order valence-corrected chi connectivity index (χ1v) is 13.9. The lowest BCUT2D eigenvalue weighted by molar-refractivity contribution is 0.246. The van der Waals surface area contributed by atoms with Crippen molar-refractivity contribution >= 4 is 79.4 Å². The van der Waals surface area contributed by atoms with Crippen molar-refractivity contribution in [2.45, 2.75) is 29.9 Å². The number of amides is 2. The fourth-order valence-corrected chi connectivity index (χ4v) is 6.88. The second-order valence-corrected chi connectivity index (χ2v) is 12.4. The van der Waals surface area contributed by atoms with E-state index in [0.717, 1.165) is 11.6 Å². The number of benzene rings is 1. The summed E-state index contributed by atoms with van der Waals surface area (Å²) >= 11 is 24.5. The third-order valence-corrected chi connectivity index (χ3v) is 9.44. The lowest BCUT2D eigenvalue weighted by Gasteiger charge is -2.16. The number of urea groups is 1. The molecule has 0 atom stereocenters. The smallest absolute Gasteiger partial charge is 0.329 e. The maximum atomic E-state index is 15.2. The van der Waals surface area contributed by atoms with Gasteiger partial charge in [0.2, 0.25) is 0 Å². The van der Waals surface area contributed by atoms with Crippen LogP contribution in [0.3, 0.4) is 0 Å². The standard InChI is InChI=1S/C21H16Cl4FN3O4S2/c22-11-5-4-10(13(23)7-11)6-16-19-12(2-1-3-17(19)33-28-16)15(26)9-27-21(30)29-35(31,32)18-8-14(24)20(25)34-18/h4-5,7-8H,1-3,6,9H2,(H2,27,29,30)/b15-12-. The van der Waals surface area contributed by atoms with Gasteiger partial charge < -0.3 is 9.84 Å². The van der Waals surface area contributed by atoms with E-state index in [2.05, 4.69) is 10.5 Å². The molecule has 2 N–H and O–H groups in total. The average Bonchev–Trinajstić information content (AvgIpc) is 3.37. The summed E-state index contributed by atoms with van der Waals surface area (Å²) in [5.74, 6) is -0.0904. The number of carbonyl (C=O) groups excluding carboxylic acids is 1. The maximum absolute atomic E-state index is 15.2. The number of fused-ring (bicyclic) bond motifs is 1. The van der Waals surface area contributed by atoms with Gasteiger partial charge >= 0.3 is 6.03 Å². The highest BCUT2D eigenvalue weighted by Crippen LogP contribution is 2.37. The van der Waals surface area contributed by atoms with E-state index in [0.29, 0.717) is 69.7 Å². The Hall–Kier alpha value is -1.82. The number of sulfonamides is 1. The number of rotatable bonds is 6. The molecule has 1 aliphatic carbocycles. The number of nitrogens with zero attached hydrogens (tertiary/aromatic N) is 1. The van der Waals surface area contributed by atoms with Gasteiger partial charge in [0, 0.05) is 28.5 Å². The average molecular weight is 599 g/mol. The van der Waals surface area contributed by atoms with Crippen molar-refractivity contribution in [1.29, 1.82) is 0 Å². The largest absolute Gasteiger partial charge is 0.360 e. The van der Waals surface area contributed by atoms with Crippen LogP contribution in [0.4, 0.5) is 9.18 Å². The topological polar surface area (TPSA) is 101 Å². The van der Waals surface area contributed by atoms with Crippen molar-refractivity contribution < 1.29 is 22.1 Å². The molecule has 0 saturated heterocycles. The highest BCUT2D eigenvalue weighted by atomic mass is 35.5. The second-order valence-electron chi connectivity index (χ2n) is 7.55. The Labute approximate surface area is 224 Å². The summed E-state index contributed by atoms with van der Waals surface area (Å²) in [5, 5.41) is 7.32. The molecule has 7 nitrogen and oxygen atoms in total. The molecule has 0 bridgehead atoms. The Morgan fingerprint density at radius 3 is 2.60 bits per heavy atom. The fraction of sp³-hybridized carbons (Fsp3) is 0.238. The Bertz CT molecular complexity index is 1420. The first-order chi connectivity index (χ1) is 16.5. The second kappa shape index (κ2) is 10.7. The fourth-order valence-electron chi connectivity index (χ4n) is 3.60. The summed E-state index contributed by atoms with van der Waals surface area (Å²) < 4.78 is 46.9. The summed E-state index contributed by atoms with van der Waals surface area (Å²) in [6.45, 7) is -0.533. The van der Waals surface area contributed by atoms with Crippen LogP contribution in [0.2, 0.25) is 19.4 Å². The number of aromatic nitrogens is 1. The summed E-state index contributed by atoms with van der Waals surface area (Å²) in [5.41, 5.74) is 2.13. The molecule has 0 radical (unpaired) electrons. The summed E-state index contributed by atoms with van der Waals surface area (Å²) in [4.78, 5) is 12.2. The summed E-state index contributed by atoms with van der Waals surface area (Å²) in [7, 11) is -4.22. The van der Waals surface area contributed by atoms with E-state index in [1.165, 1.54) is 0 Å². The number of nitrogens with one attached hydrogen (secondary N) is 2. The number of hydrogen-bond acceptors (Lipinski definition) is 6. The van der Waals surface area contributed by atoms with Crippen molar-refractivity contribution in [1.82, 2.24) is 15.2 Å². The monoisotopic (exact) mass is 597 g/mol. The first-order valence-electron chi connectivity index (χ1n) is 10.1. The van der Waals surface area contributed by atoms with E-state index < -0.39 is 28.4 Å². The van der Waals surface area contributed by atoms with Gasteiger partial charge in [-0.25, -0.2) is 22.3 Å². The van der Waals surface area contributed by atoms with E-state index in [9.17, 15) is 13.2 Å². The molecule has 2 heterocycles. The Balaban J connectivity index is 1.50. The number of hydrogen-bond donors (Lipinski definition) is 2. The first kappa shape index (κ1) is 26.2. The maximum Gasteiger partial charge on any atom is 0.329 e. The highest BCUT2D eigenvalue weighted by Gasteiger charge is 2.27. The molecule has 1 aromatic carbocycles. The van der Waals surface area contributed by atoms with E-state index in [-0.39, 0.29) is 13.6 Å². The predicted octanol–water partition coefficient (Wildman–Crippen LogP) is 6.65. The molecule has 14 heteroatoms. The molecule has 0 unspecified atom stereocenters. The molecule has 0 fully saturated rings. The van der Waals surface area contributed by atoms with Crippen molar-refractivity contribution in [3.63, 3.8) is 0 Å². The number of halogens is 5. The minimum Gasteiger partial charge on any atom is -0.360 e. The van der Waals surface area contributed by atoms with Crippen LogP contribution in [-0.2, 0) is 22.9 Å². The van der Waals surface area contributed by atoms with Gasteiger partial charge in [-0.2, -0.15) is 0 Å². The predicted molar refractivity (Wildman–Crippen MR) is 135 cm³/mol. The molecule has 2 aromatic heterocycles. The SMILES string of the molecule is O=C(NC/C(F)=C1\CCCc2onc(Cc3ccc(Cl)cc3Cl)c21)NS(=O)(=O)c1cc(Cl)c(Cl)s1. The number of thiophene rings is 1. The van der Waals surface area contributed by atoms with Gasteiger partial charge in [-0.15, -0.1) is 11.3 Å². The van der Waals surface area contributed by atoms with Gasteiger partial charge in [0.1, 0.15) is 20.1 Å². The third kappa shape index (κ3) is 5.95. The molecule has 0 saturated carbocycles. The Kier molecular flexibility index (Phi) is 7.99. The van der Waals surface area contributed by atoms with E-state index >= 15 is 4.39 Å². The van der Waals surface area contributed by atoms with Gasteiger partial charge in [-0.1, -0.05) is 57.6 Å². The molecule has 0 spiro atoms. The van der Waals surface area contributed by atoms with Crippen LogP contribution < -0.4 is 10.0 Å². The van der Waals surface area contributed by atoms with E-state index in [1.807, 2.05) is 4.72 Å². The lowest BCUT2D eigenvalue weighted by atomic mass is 9.89. The van der Waals surface area contributed by atoms with Gasteiger partial charge in [-0.3, -0.25) is 0 Å². The van der Waals surface area contributed by atoms with Gasteiger partial charge in [0.05, 0.1) is 17.3 Å². The third-order valence-electron chi connectivity index (χ3n) is 5.18. The van der Waals surface area contributed by atoms with E-state index in [1.54, 1.807) is 18.2 Å². The van der Waals surface area contributed by atoms with Crippen molar-refractivity contribution in [3.05, 3.63) is 72.1 Å². The zero-order valence-electron chi connectivity index (χ0n) is 17.6. The molecule has 2 amide bonds. The molecular formula is C21H16Cl4FN3O4S2. The van der Waals surface area contributed by atoms with Crippen LogP contribution >= 0.6 is 57.7 Å². The van der Waals surface area contributed by atoms with Crippen LogP contribution in [0.5, 0.6) is 0 Å². The number of carbonyl (C=O) groups is 1. The Morgan fingerprint density at radius 1 is 1.14 bits per heavy atom. The molecular weight excluding hydrogens is 583 g/mol. The quantitative estimate of drug-likeness (QED) is 0.331. The number of aryl methyl sites for hydroxylation is 1. The van der Waals surface area contributed by atoms with Crippen LogP contribution in [-0.4, -0.2) is 26.2 Å². The van der Waals surface area contributed by atoms with Gasteiger partial charge in [0.15, 0.2) is 0 Å². The highest BCUT2D eigenvalue weighted by molar-refractivity contribution is 7.92. The van der Waals surface area contributed by atoms with Crippen molar-refractivity contribution in [3.8, 4) is 0 Å². The van der Waals surface area contributed by atoms with Gasteiger partial charge in [0.25, 0.3) is 10.0 Å². The molecule has 1 aliphatic rings. The number of allylic oxidation sites excluding steroid dienone is 1. The van der Waals surface area contributed by atoms with E-state index in [4.69, 9.17) is 50.9 Å². The van der Waals surface area contributed by atoms with Crippen LogP contribution in [0.1, 0.15) is 35.4 Å². The molecule has 0 aliphatic heterocycles. The van der Waals surface area contributed by atoms with Gasteiger partial charge in [-0.05, 0) is 42.2 Å². The zero-order valence-corrected chi connectivity index (χ0v) is 22.3. The summed E-state index contributed by atoms with van der Waals surface area (Å²) in [6.07, 6.45) is 1.91. The van der Waals surface area contributed by atoms with Crippen LogP contribution in [0, 0.1) is 0 Å². The minimum absolute atomic E-state index is 0.0470. The molecule has 186 valence electrons. The van der Waals surface area contributed by atoms with Crippen molar-refractivity contribution in [2.24, 2.45) is 0 Å². The van der Waals surface area contributed by atoms with Crippen LogP contribution in [0.15, 0.2) is 38.8 Å². The van der Waals surface area contributed by atoms with Crippen LogP contribution in [0.25, 0.3) is 5.57 Å². The molecule has 3 aromatic rings. The molecule has 4 rings (SSSR count). The normalized spacial score (nSPS) is 15.0. The Morgan fingerprint density at radius 2 is 1.91 bits per heavy atom. The molecule has 35 heavy (non-hydrogen) atoms. The minimum atomic E-state index is -4.22. The van der Waals surface area contributed by atoms with Crippen molar-refractivity contribution in [2.75, 3.05) is 6.54 Å². The lowest BCUT2D eigenvalue weighted by Crippen LogP contribution is -2.39.